The second-order valence-electron chi connectivity index (χ2n) is 7.90. The maximum absolute atomic E-state index is 12.7. The van der Waals surface area contributed by atoms with Gasteiger partial charge in [-0.3, -0.25) is 24.0 Å². The van der Waals surface area contributed by atoms with Crippen molar-refractivity contribution in [3.8, 4) is 0 Å². The summed E-state index contributed by atoms with van der Waals surface area (Å²) in [4.78, 5) is 55.3. The first-order valence-corrected chi connectivity index (χ1v) is 10.2. The number of urea groups is 1. The molecule has 1 aromatic rings. The normalized spacial score (nSPS) is 23.7. The van der Waals surface area contributed by atoms with Gasteiger partial charge in [0.2, 0.25) is 5.91 Å². The fraction of sp³-hybridized carbons (Fsp3) is 0.579. The van der Waals surface area contributed by atoms with Crippen LogP contribution < -0.4 is 0 Å². The summed E-state index contributed by atoms with van der Waals surface area (Å²) in [6.45, 7) is 3.03. The predicted molar refractivity (Wildman–Crippen MR) is 106 cm³/mol. The fourth-order valence-electron chi connectivity index (χ4n) is 4.61. The highest BCUT2D eigenvalue weighted by molar-refractivity contribution is 6.38. The highest BCUT2D eigenvalue weighted by Gasteiger charge is 2.49. The largest absolute Gasteiger partial charge is 0.411 e. The van der Waals surface area contributed by atoms with E-state index in [0.717, 1.165) is 16.2 Å². The first-order valence-electron chi connectivity index (χ1n) is 10.2. The van der Waals surface area contributed by atoms with Gasteiger partial charge in [0.05, 0.1) is 23.6 Å². The Morgan fingerprint density at radius 2 is 1.94 bits per heavy atom. The monoisotopic (exact) mass is 431 g/mol. The van der Waals surface area contributed by atoms with Crippen LogP contribution in [0, 0.1) is 0 Å². The zero-order chi connectivity index (χ0) is 22.4. The highest BCUT2D eigenvalue weighted by Crippen LogP contribution is 2.43. The molecule has 3 aliphatic heterocycles. The van der Waals surface area contributed by atoms with Crippen LogP contribution in [0.5, 0.6) is 0 Å². The van der Waals surface area contributed by atoms with Crippen molar-refractivity contribution in [2.45, 2.75) is 31.8 Å². The molecule has 0 unspecified atom stereocenters. The number of imide groups is 1. The average Bonchev–Trinajstić information content (AvgIpc) is 3.26. The van der Waals surface area contributed by atoms with Crippen LogP contribution in [0.3, 0.4) is 0 Å². The first-order chi connectivity index (χ1) is 14.8. The van der Waals surface area contributed by atoms with Crippen LogP contribution in [-0.2, 0) is 21.4 Å². The number of likely N-dealkylation sites (N-methyl/N-ethyl adjacent to an activating group) is 2. The third kappa shape index (κ3) is 3.13. The van der Waals surface area contributed by atoms with Gasteiger partial charge >= 0.3 is 17.8 Å². The average molecular weight is 431 g/mol. The molecule has 2 atom stereocenters. The summed E-state index contributed by atoms with van der Waals surface area (Å²) in [5.41, 5.74) is 1.84. The number of aromatic nitrogens is 2. The molecule has 3 aliphatic rings. The number of amides is 5. The van der Waals surface area contributed by atoms with Gasteiger partial charge in [-0.2, -0.15) is 5.10 Å². The minimum atomic E-state index is -0.841. The van der Waals surface area contributed by atoms with Crippen LogP contribution in [-0.4, -0.2) is 97.3 Å². The predicted octanol–water partition coefficient (Wildman–Crippen LogP) is -0.289. The summed E-state index contributed by atoms with van der Waals surface area (Å²) in [6.07, 6.45) is 1.60. The van der Waals surface area contributed by atoms with E-state index in [2.05, 4.69) is 10.3 Å². The lowest BCUT2D eigenvalue weighted by atomic mass is 9.92. The summed E-state index contributed by atoms with van der Waals surface area (Å²) in [7, 11) is 3.46. The van der Waals surface area contributed by atoms with Crippen molar-refractivity contribution < 1.29 is 24.4 Å². The smallest absolute Gasteiger partial charge is 0.321 e. The Hall–Kier alpha value is -3.44. The van der Waals surface area contributed by atoms with Crippen LogP contribution >= 0.6 is 0 Å². The Kier molecular flexibility index (Phi) is 5.15. The van der Waals surface area contributed by atoms with Gasteiger partial charge in [0.1, 0.15) is 6.04 Å². The topological polar surface area (TPSA) is 132 Å². The molecule has 1 aromatic heterocycles. The Morgan fingerprint density at radius 1 is 1.19 bits per heavy atom. The number of hydrogen-bond acceptors (Lipinski definition) is 7. The number of piperazine rings is 1. The van der Waals surface area contributed by atoms with E-state index in [1.165, 1.54) is 4.90 Å². The number of oxime groups is 1. The van der Waals surface area contributed by atoms with Crippen molar-refractivity contribution in [2.24, 2.45) is 12.2 Å². The van der Waals surface area contributed by atoms with Crippen LogP contribution in [0.1, 0.15) is 43.1 Å². The standard InChI is InChI=1S/C19H25N7O5/c1-4-24-7-8-25(18(29)17(24)28)14(27)6-5-12(21-31)16-15-11(9-20-23(15)3)13-10-26(16)19(30)22(13)2/h9,13,16,31H,4-8,10H2,1-3H3/b21-12+/t13-,16+/m0/s1. The van der Waals surface area contributed by atoms with Crippen LogP contribution in [0.2, 0.25) is 0 Å². The molecule has 12 nitrogen and oxygen atoms in total. The van der Waals surface area contributed by atoms with Gasteiger partial charge in [-0.25, -0.2) is 4.79 Å². The Labute approximate surface area is 178 Å². The minimum Gasteiger partial charge on any atom is -0.411 e. The molecule has 0 saturated carbocycles. The molecular weight excluding hydrogens is 406 g/mol. The maximum Gasteiger partial charge on any atom is 0.321 e. The number of aryl methyl sites for hydroxylation is 1. The summed E-state index contributed by atoms with van der Waals surface area (Å²) in [6, 6.07) is -0.995. The highest BCUT2D eigenvalue weighted by atomic mass is 16.4. The molecule has 5 amide bonds. The van der Waals surface area contributed by atoms with E-state index in [4.69, 9.17) is 0 Å². The third-order valence-electron chi connectivity index (χ3n) is 6.36. The summed E-state index contributed by atoms with van der Waals surface area (Å²) in [5, 5.41) is 17.5. The summed E-state index contributed by atoms with van der Waals surface area (Å²) in [5.74, 6) is -2.05. The molecule has 0 spiro atoms. The zero-order valence-corrected chi connectivity index (χ0v) is 17.7. The van der Waals surface area contributed by atoms with E-state index >= 15 is 0 Å². The molecule has 31 heavy (non-hydrogen) atoms. The van der Waals surface area contributed by atoms with Crippen LogP contribution in [0.15, 0.2) is 11.4 Å². The van der Waals surface area contributed by atoms with Crippen molar-refractivity contribution in [2.75, 3.05) is 33.2 Å². The number of nitrogens with zero attached hydrogens (tertiary/aromatic N) is 7. The molecular formula is C19H25N7O5. The number of rotatable bonds is 5. The summed E-state index contributed by atoms with van der Waals surface area (Å²) < 4.78 is 1.64. The van der Waals surface area contributed by atoms with Gasteiger partial charge in [0.15, 0.2) is 0 Å². The van der Waals surface area contributed by atoms with Crippen molar-refractivity contribution >= 4 is 29.5 Å². The van der Waals surface area contributed by atoms with E-state index in [-0.39, 0.29) is 37.2 Å². The second kappa shape index (κ2) is 7.67. The molecule has 2 bridgehead atoms. The Bertz CT molecular complexity index is 986. The van der Waals surface area contributed by atoms with Gasteiger partial charge < -0.3 is 19.9 Å². The van der Waals surface area contributed by atoms with E-state index in [1.807, 2.05) is 0 Å². The maximum atomic E-state index is 12.7. The molecule has 1 N–H and O–H groups in total. The first kappa shape index (κ1) is 20.8. The van der Waals surface area contributed by atoms with Crippen molar-refractivity contribution in [3.05, 3.63) is 17.5 Å². The fourth-order valence-corrected chi connectivity index (χ4v) is 4.61. The molecule has 2 fully saturated rings. The lowest BCUT2D eigenvalue weighted by Gasteiger charge is -2.33. The molecule has 0 radical (unpaired) electrons. The van der Waals surface area contributed by atoms with Crippen molar-refractivity contribution in [3.63, 3.8) is 0 Å². The molecule has 12 heteroatoms. The molecule has 0 aliphatic carbocycles. The van der Waals surface area contributed by atoms with E-state index in [9.17, 15) is 24.4 Å². The zero-order valence-electron chi connectivity index (χ0n) is 17.7. The summed E-state index contributed by atoms with van der Waals surface area (Å²) >= 11 is 0. The molecule has 2 saturated heterocycles. The van der Waals surface area contributed by atoms with Crippen molar-refractivity contribution in [1.82, 2.24) is 29.4 Å². The molecule has 4 heterocycles. The number of fused-ring (bicyclic) bond motifs is 4. The lowest BCUT2D eigenvalue weighted by molar-refractivity contribution is -0.160. The molecule has 166 valence electrons. The second-order valence-corrected chi connectivity index (χ2v) is 7.90. The van der Waals surface area contributed by atoms with Gasteiger partial charge in [0, 0.05) is 58.7 Å². The van der Waals surface area contributed by atoms with Gasteiger partial charge in [-0.05, 0) is 6.92 Å². The SMILES string of the molecule is CCN1CCN(C(=O)CC/C(=N\O)[C@@H]2c3c(cnn3C)[C@@H]3CN2C(=O)N3C)C(=O)C1=O. The number of carbonyl (C=O) groups excluding carboxylic acids is 4. The van der Waals surface area contributed by atoms with Gasteiger partial charge in [-0.15, -0.1) is 0 Å². The quantitative estimate of drug-likeness (QED) is 0.295. The Morgan fingerprint density at radius 3 is 2.61 bits per heavy atom. The van der Waals surface area contributed by atoms with Gasteiger partial charge in [-0.1, -0.05) is 5.16 Å². The molecule has 0 aromatic carbocycles. The van der Waals surface area contributed by atoms with Crippen LogP contribution in [0.4, 0.5) is 4.79 Å². The third-order valence-corrected chi connectivity index (χ3v) is 6.36. The number of hydrogen-bond donors (Lipinski definition) is 1. The van der Waals surface area contributed by atoms with E-state index in [0.29, 0.717) is 19.6 Å². The Balaban J connectivity index is 1.52. The van der Waals surface area contributed by atoms with Crippen LogP contribution in [0.25, 0.3) is 0 Å². The van der Waals surface area contributed by atoms with Gasteiger partial charge in [0.25, 0.3) is 0 Å². The van der Waals surface area contributed by atoms with Crippen molar-refractivity contribution in [1.29, 1.82) is 0 Å². The minimum absolute atomic E-state index is 0.0260. The van der Waals surface area contributed by atoms with E-state index < -0.39 is 23.8 Å². The molecule has 4 rings (SSSR count). The number of carbonyl (C=O) groups is 4. The van der Waals surface area contributed by atoms with E-state index in [1.54, 1.807) is 41.7 Å². The lowest BCUT2D eigenvalue weighted by Crippen LogP contribution is -2.56.